The van der Waals surface area contributed by atoms with Crippen LogP contribution in [0.25, 0.3) is 11.3 Å². The number of carbonyl (C=O) groups excluding carboxylic acids is 2. The van der Waals surface area contributed by atoms with Crippen LogP contribution < -0.4 is 14.8 Å². The number of aryl methyl sites for hydroxylation is 1. The number of carbonyl (C=O) groups is 2. The number of nitrogens with one attached hydrogen (secondary N) is 1. The molecule has 242 valence electrons. The van der Waals surface area contributed by atoms with E-state index >= 15 is 4.39 Å². The molecule has 0 spiro atoms. The second kappa shape index (κ2) is 15.3. The number of pyridine rings is 2. The lowest BCUT2D eigenvalue weighted by Gasteiger charge is -2.47. The maximum absolute atomic E-state index is 15.3. The van der Waals surface area contributed by atoms with Crippen LogP contribution in [0.1, 0.15) is 50.1 Å². The molecule has 2 aromatic heterocycles. The number of nitrogens with zero attached hydrogens (tertiary/aromatic N) is 4. The smallest absolute Gasteiger partial charge is 0.244 e. The number of aromatic nitrogens is 2. The minimum Gasteiger partial charge on any atom is -0.494 e. The molecule has 2 amide bonds. The molecule has 0 unspecified atom stereocenters. The molecule has 1 saturated heterocycles. The van der Waals surface area contributed by atoms with Crippen LogP contribution in [0.5, 0.6) is 11.6 Å². The van der Waals surface area contributed by atoms with Gasteiger partial charge in [0.25, 0.3) is 0 Å². The maximum atomic E-state index is 15.3. The van der Waals surface area contributed by atoms with Gasteiger partial charge in [-0.15, -0.1) is 0 Å². The van der Waals surface area contributed by atoms with Gasteiger partial charge < -0.3 is 24.4 Å². The summed E-state index contributed by atoms with van der Waals surface area (Å²) in [6.07, 6.45) is 2.09. The standard InChI is InChI=1S/C34H44FN5O5/c1-21(2)34(42)40-23(4)19-39(26(15-17-43-5)32-30(35)22(3)14-16-36-32)20-27(40)33(41)37-18-24-8-10-25(11-9-24)31-28(44-6)12-13-29(38-31)45-7/h8-14,16,21,23,26-27H,15,17-20H2,1-7H3,(H,37,41)/t23-,26-,27-/m1/s1. The Morgan fingerprint density at radius 3 is 2.42 bits per heavy atom. The van der Waals surface area contributed by atoms with Crippen LogP contribution >= 0.6 is 0 Å². The number of methoxy groups -OCH3 is 3. The molecule has 45 heavy (non-hydrogen) atoms. The van der Waals surface area contributed by atoms with Crippen molar-refractivity contribution in [2.24, 2.45) is 5.92 Å². The predicted molar refractivity (Wildman–Crippen MR) is 169 cm³/mol. The van der Waals surface area contributed by atoms with E-state index in [9.17, 15) is 9.59 Å². The van der Waals surface area contributed by atoms with E-state index in [1.807, 2.05) is 45.0 Å². The number of rotatable bonds is 12. The summed E-state index contributed by atoms with van der Waals surface area (Å²) in [5.41, 5.74) is 3.19. The Bertz CT molecular complexity index is 1470. The van der Waals surface area contributed by atoms with E-state index in [2.05, 4.69) is 20.2 Å². The summed E-state index contributed by atoms with van der Waals surface area (Å²) < 4.78 is 31.4. The second-order valence-corrected chi connectivity index (χ2v) is 11.7. The Hall–Kier alpha value is -4.09. The van der Waals surface area contributed by atoms with Gasteiger partial charge in [0, 0.05) is 63.1 Å². The number of halogens is 1. The van der Waals surface area contributed by atoms with E-state index in [4.69, 9.17) is 14.2 Å². The van der Waals surface area contributed by atoms with Crippen LogP contribution in [-0.4, -0.2) is 84.7 Å². The summed E-state index contributed by atoms with van der Waals surface area (Å²) >= 11 is 0. The number of hydrogen-bond acceptors (Lipinski definition) is 8. The maximum Gasteiger partial charge on any atom is 0.244 e. The molecule has 4 rings (SSSR count). The molecule has 1 N–H and O–H groups in total. The molecule has 0 radical (unpaired) electrons. The van der Waals surface area contributed by atoms with E-state index < -0.39 is 12.1 Å². The number of ether oxygens (including phenoxy) is 3. The number of benzene rings is 1. The van der Waals surface area contributed by atoms with E-state index in [0.29, 0.717) is 48.2 Å². The Morgan fingerprint density at radius 2 is 1.78 bits per heavy atom. The zero-order chi connectivity index (χ0) is 32.7. The highest BCUT2D eigenvalue weighted by Crippen LogP contribution is 2.32. The molecule has 0 aliphatic carbocycles. The highest BCUT2D eigenvalue weighted by molar-refractivity contribution is 5.89. The van der Waals surface area contributed by atoms with Crippen LogP contribution in [0.2, 0.25) is 0 Å². The average Bonchev–Trinajstić information content (AvgIpc) is 3.04. The van der Waals surface area contributed by atoms with E-state index in [-0.39, 0.29) is 42.7 Å². The molecule has 11 heteroatoms. The van der Waals surface area contributed by atoms with Gasteiger partial charge in [-0.25, -0.2) is 9.37 Å². The number of amides is 2. The van der Waals surface area contributed by atoms with Gasteiger partial charge in [-0.3, -0.25) is 19.5 Å². The fourth-order valence-corrected chi connectivity index (χ4v) is 5.77. The van der Waals surface area contributed by atoms with Gasteiger partial charge in [-0.1, -0.05) is 38.1 Å². The predicted octanol–water partition coefficient (Wildman–Crippen LogP) is 4.56. The fraction of sp³-hybridized carbons (Fsp3) is 0.471. The van der Waals surface area contributed by atoms with Crippen molar-refractivity contribution in [1.29, 1.82) is 0 Å². The van der Waals surface area contributed by atoms with Crippen molar-refractivity contribution in [2.75, 3.05) is 41.0 Å². The SMILES string of the molecule is COCC[C@H](c1nccc(C)c1F)N1C[C@@H](C)N(C(=O)C(C)C)[C@@H](C(=O)NCc2ccc(-c3nc(OC)ccc3OC)cc2)C1. The van der Waals surface area contributed by atoms with Gasteiger partial charge in [0.15, 0.2) is 0 Å². The second-order valence-electron chi connectivity index (χ2n) is 11.7. The first-order valence-corrected chi connectivity index (χ1v) is 15.2. The lowest BCUT2D eigenvalue weighted by molar-refractivity contribution is -0.151. The summed E-state index contributed by atoms with van der Waals surface area (Å²) in [4.78, 5) is 39.9. The lowest BCUT2D eigenvalue weighted by atomic mass is 9.97. The van der Waals surface area contributed by atoms with Crippen molar-refractivity contribution in [3.05, 3.63) is 71.3 Å². The number of hydrogen-bond donors (Lipinski definition) is 1. The van der Waals surface area contributed by atoms with Crippen LogP contribution in [-0.2, 0) is 20.9 Å². The molecule has 0 saturated carbocycles. The van der Waals surface area contributed by atoms with Crippen LogP contribution in [0, 0.1) is 18.7 Å². The summed E-state index contributed by atoms with van der Waals surface area (Å²) in [7, 11) is 4.75. The third-order valence-electron chi connectivity index (χ3n) is 8.18. The normalized spacial score (nSPS) is 17.7. The zero-order valence-corrected chi connectivity index (χ0v) is 27.2. The third kappa shape index (κ3) is 7.77. The van der Waals surface area contributed by atoms with Gasteiger partial charge in [0.2, 0.25) is 17.7 Å². The largest absolute Gasteiger partial charge is 0.494 e. The van der Waals surface area contributed by atoms with E-state index in [0.717, 1.165) is 11.1 Å². The molecular weight excluding hydrogens is 577 g/mol. The first-order chi connectivity index (χ1) is 21.6. The van der Waals surface area contributed by atoms with Crippen molar-refractivity contribution in [3.8, 4) is 22.9 Å². The Morgan fingerprint density at radius 1 is 1.04 bits per heavy atom. The van der Waals surface area contributed by atoms with Crippen LogP contribution in [0.4, 0.5) is 4.39 Å². The Labute approximate surface area is 264 Å². The van der Waals surface area contributed by atoms with Crippen LogP contribution in [0.15, 0.2) is 48.7 Å². The molecule has 3 aromatic rings. The fourth-order valence-electron chi connectivity index (χ4n) is 5.77. The molecule has 1 aliphatic heterocycles. The highest BCUT2D eigenvalue weighted by atomic mass is 19.1. The average molecular weight is 622 g/mol. The Balaban J connectivity index is 1.56. The molecule has 1 aromatic carbocycles. The molecule has 3 atom stereocenters. The van der Waals surface area contributed by atoms with Crippen molar-refractivity contribution in [3.63, 3.8) is 0 Å². The minimum atomic E-state index is -0.772. The molecule has 1 fully saturated rings. The molecule has 0 bridgehead atoms. The summed E-state index contributed by atoms with van der Waals surface area (Å²) in [6.45, 7) is 8.66. The first-order valence-electron chi connectivity index (χ1n) is 15.2. The van der Waals surface area contributed by atoms with Crippen molar-refractivity contribution >= 4 is 11.8 Å². The van der Waals surface area contributed by atoms with E-state index in [1.54, 1.807) is 57.5 Å². The molecule has 3 heterocycles. The minimum absolute atomic E-state index is 0.0975. The Kier molecular flexibility index (Phi) is 11.5. The third-order valence-corrected chi connectivity index (χ3v) is 8.18. The summed E-state index contributed by atoms with van der Waals surface area (Å²) in [5.74, 6) is 0.0713. The topological polar surface area (TPSA) is 106 Å². The molecule has 1 aliphatic rings. The monoisotopic (exact) mass is 621 g/mol. The summed E-state index contributed by atoms with van der Waals surface area (Å²) in [5, 5.41) is 3.04. The van der Waals surface area contributed by atoms with Gasteiger partial charge in [-0.2, -0.15) is 0 Å². The number of piperazine rings is 1. The van der Waals surface area contributed by atoms with Crippen molar-refractivity contribution in [2.45, 2.75) is 58.8 Å². The van der Waals surface area contributed by atoms with Gasteiger partial charge in [0.05, 0.1) is 26.0 Å². The lowest BCUT2D eigenvalue weighted by Crippen LogP contribution is -2.65. The zero-order valence-electron chi connectivity index (χ0n) is 27.2. The van der Waals surface area contributed by atoms with Crippen LogP contribution in [0.3, 0.4) is 0 Å². The van der Waals surface area contributed by atoms with Crippen molar-refractivity contribution in [1.82, 2.24) is 25.1 Å². The molecular formula is C34H44FN5O5. The van der Waals surface area contributed by atoms with Gasteiger partial charge in [0.1, 0.15) is 23.3 Å². The van der Waals surface area contributed by atoms with Gasteiger partial charge in [-0.05, 0) is 43.5 Å². The quantitative estimate of drug-likeness (QED) is 0.314. The van der Waals surface area contributed by atoms with Crippen molar-refractivity contribution < 1.29 is 28.2 Å². The van der Waals surface area contributed by atoms with Gasteiger partial charge >= 0.3 is 0 Å². The molecule has 10 nitrogen and oxygen atoms in total. The highest BCUT2D eigenvalue weighted by Gasteiger charge is 2.42. The summed E-state index contributed by atoms with van der Waals surface area (Å²) in [6, 6.07) is 11.3. The van der Waals surface area contributed by atoms with E-state index in [1.165, 1.54) is 0 Å². The first kappa shape index (κ1) is 33.8.